The summed E-state index contributed by atoms with van der Waals surface area (Å²) in [5.74, 6) is 0.421. The standard InChI is InChI=1S/C14H20N4O3/c1-9(2)11(15)6-7-17(3)14-16-12-5-4-10(18(19)20)8-13(12)21-14/h4-5,8-9,11H,6-7,15H2,1-3H3. The van der Waals surface area contributed by atoms with E-state index >= 15 is 0 Å². The first-order chi connectivity index (χ1) is 9.88. The van der Waals surface area contributed by atoms with Gasteiger partial charge in [-0.1, -0.05) is 13.8 Å². The number of nitro benzene ring substituents is 1. The van der Waals surface area contributed by atoms with Crippen molar-refractivity contribution in [3.8, 4) is 0 Å². The molecular weight excluding hydrogens is 272 g/mol. The summed E-state index contributed by atoms with van der Waals surface area (Å²) >= 11 is 0. The number of nitro groups is 1. The summed E-state index contributed by atoms with van der Waals surface area (Å²) in [6.45, 7) is 4.89. The van der Waals surface area contributed by atoms with Crippen LogP contribution in [0, 0.1) is 16.0 Å². The van der Waals surface area contributed by atoms with Crippen molar-refractivity contribution in [2.75, 3.05) is 18.5 Å². The average molecular weight is 292 g/mol. The molecule has 0 amide bonds. The fraction of sp³-hybridized carbons (Fsp3) is 0.500. The van der Waals surface area contributed by atoms with Crippen LogP contribution in [0.2, 0.25) is 0 Å². The minimum atomic E-state index is -0.451. The number of fused-ring (bicyclic) bond motifs is 1. The lowest BCUT2D eigenvalue weighted by Gasteiger charge is -2.19. The first kappa shape index (κ1) is 15.2. The Bertz CT molecular complexity index is 638. The second-order valence-electron chi connectivity index (χ2n) is 5.52. The molecule has 7 heteroatoms. The van der Waals surface area contributed by atoms with Crippen molar-refractivity contribution in [1.82, 2.24) is 4.98 Å². The monoisotopic (exact) mass is 292 g/mol. The average Bonchev–Trinajstić information content (AvgIpc) is 2.86. The van der Waals surface area contributed by atoms with Crippen molar-refractivity contribution in [3.05, 3.63) is 28.3 Å². The Balaban J connectivity index is 2.13. The SMILES string of the molecule is CC(C)C(N)CCN(C)c1nc2ccc([N+](=O)[O-])cc2o1. The summed E-state index contributed by atoms with van der Waals surface area (Å²) in [5.41, 5.74) is 7.04. The van der Waals surface area contributed by atoms with E-state index in [0.29, 0.717) is 29.6 Å². The van der Waals surface area contributed by atoms with Gasteiger partial charge in [0.2, 0.25) is 0 Å². The van der Waals surface area contributed by atoms with Crippen LogP contribution in [0.15, 0.2) is 22.6 Å². The lowest BCUT2D eigenvalue weighted by molar-refractivity contribution is -0.384. The zero-order valence-electron chi connectivity index (χ0n) is 12.4. The van der Waals surface area contributed by atoms with Gasteiger partial charge in [-0.3, -0.25) is 10.1 Å². The van der Waals surface area contributed by atoms with Crippen LogP contribution in [0.5, 0.6) is 0 Å². The molecule has 2 aromatic rings. The lowest BCUT2D eigenvalue weighted by Crippen LogP contribution is -2.31. The number of hydrogen-bond donors (Lipinski definition) is 1. The third-order valence-corrected chi connectivity index (χ3v) is 3.55. The largest absolute Gasteiger partial charge is 0.423 e. The third kappa shape index (κ3) is 3.49. The third-order valence-electron chi connectivity index (χ3n) is 3.55. The molecule has 0 bridgehead atoms. The molecule has 1 aromatic carbocycles. The molecule has 21 heavy (non-hydrogen) atoms. The molecule has 0 saturated carbocycles. The summed E-state index contributed by atoms with van der Waals surface area (Å²) < 4.78 is 5.58. The summed E-state index contributed by atoms with van der Waals surface area (Å²) in [6.07, 6.45) is 0.826. The van der Waals surface area contributed by atoms with E-state index in [4.69, 9.17) is 10.2 Å². The highest BCUT2D eigenvalue weighted by molar-refractivity contribution is 5.77. The Morgan fingerprint density at radius 3 is 2.81 bits per heavy atom. The van der Waals surface area contributed by atoms with Crippen LogP contribution in [0.3, 0.4) is 0 Å². The Hall–Kier alpha value is -2.15. The smallest absolute Gasteiger partial charge is 0.298 e. The summed E-state index contributed by atoms with van der Waals surface area (Å²) in [5, 5.41) is 10.7. The Morgan fingerprint density at radius 2 is 2.19 bits per heavy atom. The normalized spacial score (nSPS) is 12.8. The number of rotatable bonds is 6. The highest BCUT2D eigenvalue weighted by Crippen LogP contribution is 2.25. The van der Waals surface area contributed by atoms with Gasteiger partial charge in [0.1, 0.15) is 5.52 Å². The zero-order chi connectivity index (χ0) is 15.6. The second-order valence-corrected chi connectivity index (χ2v) is 5.52. The molecule has 7 nitrogen and oxygen atoms in total. The molecule has 0 spiro atoms. The van der Waals surface area contributed by atoms with Crippen LogP contribution in [0.25, 0.3) is 11.1 Å². The van der Waals surface area contributed by atoms with Crippen molar-refractivity contribution in [2.24, 2.45) is 11.7 Å². The van der Waals surface area contributed by atoms with Crippen molar-refractivity contribution in [3.63, 3.8) is 0 Å². The summed E-state index contributed by atoms with van der Waals surface area (Å²) in [4.78, 5) is 16.5. The van der Waals surface area contributed by atoms with Crippen LogP contribution in [-0.4, -0.2) is 29.5 Å². The number of anilines is 1. The van der Waals surface area contributed by atoms with Gasteiger partial charge in [0.25, 0.3) is 11.7 Å². The van der Waals surface area contributed by atoms with Crippen molar-refractivity contribution >= 4 is 22.8 Å². The van der Waals surface area contributed by atoms with Gasteiger partial charge in [0.05, 0.1) is 11.0 Å². The first-order valence-corrected chi connectivity index (χ1v) is 6.90. The lowest BCUT2D eigenvalue weighted by atomic mass is 10.0. The van der Waals surface area contributed by atoms with Crippen LogP contribution < -0.4 is 10.6 Å². The van der Waals surface area contributed by atoms with Gasteiger partial charge in [0.15, 0.2) is 5.58 Å². The Kier molecular flexibility index (Phi) is 4.42. The molecule has 0 aliphatic rings. The fourth-order valence-corrected chi connectivity index (χ4v) is 1.95. The van der Waals surface area contributed by atoms with E-state index in [1.54, 1.807) is 6.07 Å². The molecule has 2 rings (SSSR count). The topological polar surface area (TPSA) is 98.4 Å². The minimum Gasteiger partial charge on any atom is -0.423 e. The van der Waals surface area contributed by atoms with Gasteiger partial charge in [-0.15, -0.1) is 0 Å². The first-order valence-electron chi connectivity index (χ1n) is 6.90. The van der Waals surface area contributed by atoms with E-state index < -0.39 is 4.92 Å². The Morgan fingerprint density at radius 1 is 1.48 bits per heavy atom. The van der Waals surface area contributed by atoms with Crippen LogP contribution in [-0.2, 0) is 0 Å². The predicted molar refractivity (Wildman–Crippen MR) is 81.4 cm³/mol. The zero-order valence-corrected chi connectivity index (χ0v) is 12.4. The molecule has 1 aromatic heterocycles. The molecule has 114 valence electrons. The predicted octanol–water partition coefficient (Wildman–Crippen LogP) is 2.55. The molecule has 1 atom stereocenters. The number of nitrogens with two attached hydrogens (primary N) is 1. The molecular formula is C14H20N4O3. The van der Waals surface area contributed by atoms with Crippen molar-refractivity contribution in [1.29, 1.82) is 0 Å². The summed E-state index contributed by atoms with van der Waals surface area (Å²) in [6, 6.07) is 4.97. The molecule has 0 radical (unpaired) electrons. The van der Waals surface area contributed by atoms with E-state index in [1.807, 2.05) is 11.9 Å². The van der Waals surface area contributed by atoms with Gasteiger partial charge in [0, 0.05) is 25.7 Å². The molecule has 0 fully saturated rings. The van der Waals surface area contributed by atoms with Gasteiger partial charge in [-0.05, 0) is 18.4 Å². The number of non-ortho nitro benzene ring substituents is 1. The van der Waals surface area contributed by atoms with E-state index in [9.17, 15) is 10.1 Å². The van der Waals surface area contributed by atoms with E-state index in [2.05, 4.69) is 18.8 Å². The van der Waals surface area contributed by atoms with Crippen LogP contribution >= 0.6 is 0 Å². The highest BCUT2D eigenvalue weighted by atomic mass is 16.6. The van der Waals surface area contributed by atoms with Gasteiger partial charge in [-0.2, -0.15) is 4.98 Å². The van der Waals surface area contributed by atoms with E-state index in [0.717, 1.165) is 6.42 Å². The maximum Gasteiger partial charge on any atom is 0.298 e. The second kappa shape index (κ2) is 6.09. The number of oxazole rings is 1. The van der Waals surface area contributed by atoms with Gasteiger partial charge in [-0.25, -0.2) is 0 Å². The molecule has 1 unspecified atom stereocenters. The number of benzene rings is 1. The maximum atomic E-state index is 10.7. The number of aromatic nitrogens is 1. The minimum absolute atomic E-state index is 0.00492. The van der Waals surface area contributed by atoms with Gasteiger partial charge >= 0.3 is 0 Å². The van der Waals surface area contributed by atoms with Crippen LogP contribution in [0.4, 0.5) is 11.7 Å². The molecule has 0 saturated heterocycles. The quantitative estimate of drug-likeness (QED) is 0.649. The van der Waals surface area contributed by atoms with Crippen molar-refractivity contribution < 1.29 is 9.34 Å². The number of hydrogen-bond acceptors (Lipinski definition) is 6. The van der Waals surface area contributed by atoms with Crippen molar-refractivity contribution in [2.45, 2.75) is 26.3 Å². The maximum absolute atomic E-state index is 10.7. The summed E-state index contributed by atoms with van der Waals surface area (Å²) in [7, 11) is 1.87. The molecule has 0 aliphatic heterocycles. The highest BCUT2D eigenvalue weighted by Gasteiger charge is 2.15. The number of nitrogens with zero attached hydrogens (tertiary/aromatic N) is 3. The molecule has 1 heterocycles. The van der Waals surface area contributed by atoms with Crippen LogP contribution in [0.1, 0.15) is 20.3 Å². The Labute approximate surface area is 122 Å². The molecule has 2 N–H and O–H groups in total. The fourth-order valence-electron chi connectivity index (χ4n) is 1.95. The van der Waals surface area contributed by atoms with E-state index in [1.165, 1.54) is 12.1 Å². The molecule has 0 aliphatic carbocycles. The van der Waals surface area contributed by atoms with E-state index in [-0.39, 0.29) is 11.7 Å². The van der Waals surface area contributed by atoms with Gasteiger partial charge < -0.3 is 15.1 Å².